The lowest BCUT2D eigenvalue weighted by atomic mass is 9.94. The van der Waals surface area contributed by atoms with E-state index in [0.717, 1.165) is 24.9 Å². The van der Waals surface area contributed by atoms with Gasteiger partial charge in [0.25, 0.3) is 0 Å². The number of hydrogen-bond donors (Lipinski definition) is 0. The molecule has 0 atom stereocenters. The quantitative estimate of drug-likeness (QED) is 0.752. The zero-order valence-corrected chi connectivity index (χ0v) is 12.6. The van der Waals surface area contributed by atoms with Crippen LogP contribution in [0, 0.1) is 6.92 Å². The fourth-order valence-corrected chi connectivity index (χ4v) is 3.02. The molecule has 108 valence electrons. The van der Waals surface area contributed by atoms with Gasteiger partial charge in [-0.2, -0.15) is 0 Å². The number of rotatable bonds is 4. The molecule has 2 nitrogen and oxygen atoms in total. The predicted octanol–water partition coefficient (Wildman–Crippen LogP) is 4.19. The normalized spacial score (nSPS) is 16.5. The molecule has 0 aliphatic heterocycles. The SMILES string of the molecule is CCN(C(=O)/C=C/c1cccc(C)c1)C1CCCCC1. The molecule has 1 fully saturated rings. The van der Waals surface area contributed by atoms with E-state index in [1.807, 2.05) is 23.1 Å². The van der Waals surface area contributed by atoms with Crippen LogP contribution in [0.25, 0.3) is 6.08 Å². The average molecular weight is 271 g/mol. The van der Waals surface area contributed by atoms with Gasteiger partial charge in [0.1, 0.15) is 0 Å². The first kappa shape index (κ1) is 14.8. The first-order chi connectivity index (χ1) is 9.70. The molecule has 1 saturated carbocycles. The average Bonchev–Trinajstić information content (AvgIpc) is 2.47. The number of likely N-dealkylation sites (N-methyl/N-ethyl adjacent to an activating group) is 1. The summed E-state index contributed by atoms with van der Waals surface area (Å²) >= 11 is 0. The van der Waals surface area contributed by atoms with Crippen molar-refractivity contribution in [2.75, 3.05) is 6.54 Å². The van der Waals surface area contributed by atoms with E-state index >= 15 is 0 Å². The predicted molar refractivity (Wildman–Crippen MR) is 84.5 cm³/mol. The Labute approximate surface area is 122 Å². The number of carbonyl (C=O) groups is 1. The summed E-state index contributed by atoms with van der Waals surface area (Å²) in [6.45, 7) is 4.95. The topological polar surface area (TPSA) is 20.3 Å². The number of benzene rings is 1. The molecule has 0 N–H and O–H groups in total. The molecule has 1 aromatic rings. The maximum absolute atomic E-state index is 12.4. The minimum absolute atomic E-state index is 0.154. The molecule has 0 saturated heterocycles. The Kier molecular flexibility index (Phi) is 5.40. The van der Waals surface area contributed by atoms with Gasteiger partial charge in [-0.1, -0.05) is 49.1 Å². The molecule has 1 aromatic carbocycles. The van der Waals surface area contributed by atoms with Gasteiger partial charge in [-0.05, 0) is 38.3 Å². The van der Waals surface area contributed by atoms with Crippen LogP contribution in [-0.4, -0.2) is 23.4 Å². The van der Waals surface area contributed by atoms with Crippen LogP contribution in [0.15, 0.2) is 30.3 Å². The van der Waals surface area contributed by atoms with Gasteiger partial charge in [0, 0.05) is 18.7 Å². The highest BCUT2D eigenvalue weighted by Crippen LogP contribution is 2.22. The Morgan fingerprint density at radius 2 is 2.05 bits per heavy atom. The van der Waals surface area contributed by atoms with Gasteiger partial charge in [-0.3, -0.25) is 4.79 Å². The van der Waals surface area contributed by atoms with E-state index in [0.29, 0.717) is 6.04 Å². The van der Waals surface area contributed by atoms with Crippen LogP contribution in [0.5, 0.6) is 0 Å². The molecule has 1 aliphatic carbocycles. The molecule has 2 heteroatoms. The van der Waals surface area contributed by atoms with Gasteiger partial charge < -0.3 is 4.90 Å². The first-order valence-electron chi connectivity index (χ1n) is 7.76. The van der Waals surface area contributed by atoms with Crippen LogP contribution in [0.3, 0.4) is 0 Å². The van der Waals surface area contributed by atoms with Crippen LogP contribution in [0.2, 0.25) is 0 Å². The molecular formula is C18H25NO. The first-order valence-corrected chi connectivity index (χ1v) is 7.76. The van der Waals surface area contributed by atoms with Crippen molar-refractivity contribution in [1.29, 1.82) is 0 Å². The highest BCUT2D eigenvalue weighted by Gasteiger charge is 2.22. The van der Waals surface area contributed by atoms with Crippen molar-refractivity contribution < 1.29 is 4.79 Å². The Hall–Kier alpha value is -1.57. The summed E-state index contributed by atoms with van der Waals surface area (Å²) in [4.78, 5) is 14.4. The van der Waals surface area contributed by atoms with E-state index < -0.39 is 0 Å². The monoisotopic (exact) mass is 271 g/mol. The van der Waals surface area contributed by atoms with Crippen molar-refractivity contribution >= 4 is 12.0 Å². The lowest BCUT2D eigenvalue weighted by molar-refractivity contribution is -0.128. The summed E-state index contributed by atoms with van der Waals surface area (Å²) in [6, 6.07) is 8.68. The van der Waals surface area contributed by atoms with Gasteiger partial charge in [0.2, 0.25) is 5.91 Å². The third-order valence-corrected chi connectivity index (χ3v) is 4.10. The Morgan fingerprint density at radius 1 is 1.30 bits per heavy atom. The van der Waals surface area contributed by atoms with Crippen molar-refractivity contribution in [2.24, 2.45) is 0 Å². The van der Waals surface area contributed by atoms with Crippen LogP contribution in [0.1, 0.15) is 50.2 Å². The Balaban J connectivity index is 2.01. The summed E-state index contributed by atoms with van der Waals surface area (Å²) in [6.07, 6.45) is 9.83. The van der Waals surface area contributed by atoms with E-state index in [1.165, 1.54) is 24.8 Å². The summed E-state index contributed by atoms with van der Waals surface area (Å²) in [5.41, 5.74) is 2.32. The lowest BCUT2D eigenvalue weighted by Crippen LogP contribution is -2.40. The Bertz CT molecular complexity index is 472. The molecule has 0 bridgehead atoms. The molecule has 1 amide bonds. The minimum atomic E-state index is 0.154. The largest absolute Gasteiger partial charge is 0.336 e. The van der Waals surface area contributed by atoms with E-state index in [-0.39, 0.29) is 5.91 Å². The second-order valence-electron chi connectivity index (χ2n) is 5.66. The van der Waals surface area contributed by atoms with Crippen LogP contribution in [-0.2, 0) is 4.79 Å². The molecule has 0 radical (unpaired) electrons. The van der Waals surface area contributed by atoms with Crippen molar-refractivity contribution in [2.45, 2.75) is 52.0 Å². The number of hydrogen-bond acceptors (Lipinski definition) is 1. The fraction of sp³-hybridized carbons (Fsp3) is 0.500. The number of carbonyl (C=O) groups excluding carboxylic acids is 1. The van der Waals surface area contributed by atoms with Gasteiger partial charge in [0.15, 0.2) is 0 Å². The van der Waals surface area contributed by atoms with Gasteiger partial charge in [-0.15, -0.1) is 0 Å². The van der Waals surface area contributed by atoms with E-state index in [9.17, 15) is 4.79 Å². The van der Waals surface area contributed by atoms with E-state index in [4.69, 9.17) is 0 Å². The van der Waals surface area contributed by atoms with Crippen LogP contribution >= 0.6 is 0 Å². The molecule has 2 rings (SSSR count). The summed E-state index contributed by atoms with van der Waals surface area (Å²) in [7, 11) is 0. The third-order valence-electron chi connectivity index (χ3n) is 4.10. The second kappa shape index (κ2) is 7.28. The van der Waals surface area contributed by atoms with Gasteiger partial charge >= 0.3 is 0 Å². The van der Waals surface area contributed by atoms with Gasteiger partial charge in [0.05, 0.1) is 0 Å². The minimum Gasteiger partial charge on any atom is -0.336 e. The molecule has 0 unspecified atom stereocenters. The maximum Gasteiger partial charge on any atom is 0.246 e. The molecule has 0 spiro atoms. The Morgan fingerprint density at radius 3 is 2.70 bits per heavy atom. The van der Waals surface area contributed by atoms with E-state index in [1.54, 1.807) is 6.08 Å². The standard InChI is InChI=1S/C18H25NO/c1-3-19(17-10-5-4-6-11-17)18(20)13-12-16-9-7-8-15(2)14-16/h7-9,12-14,17H,3-6,10-11H2,1-2H3/b13-12+. The van der Waals surface area contributed by atoms with Crippen molar-refractivity contribution in [3.63, 3.8) is 0 Å². The molecule has 1 aliphatic rings. The van der Waals surface area contributed by atoms with Crippen molar-refractivity contribution in [1.82, 2.24) is 4.90 Å². The highest BCUT2D eigenvalue weighted by molar-refractivity contribution is 5.92. The smallest absolute Gasteiger partial charge is 0.246 e. The van der Waals surface area contributed by atoms with E-state index in [2.05, 4.69) is 26.0 Å². The highest BCUT2D eigenvalue weighted by atomic mass is 16.2. The molecule has 0 heterocycles. The summed E-state index contributed by atoms with van der Waals surface area (Å²) in [5, 5.41) is 0. The number of aryl methyl sites for hydroxylation is 1. The number of amides is 1. The second-order valence-corrected chi connectivity index (χ2v) is 5.66. The lowest BCUT2D eigenvalue weighted by Gasteiger charge is -2.32. The molecular weight excluding hydrogens is 246 g/mol. The van der Waals surface area contributed by atoms with Crippen LogP contribution < -0.4 is 0 Å². The van der Waals surface area contributed by atoms with Gasteiger partial charge in [-0.25, -0.2) is 0 Å². The van der Waals surface area contributed by atoms with Crippen molar-refractivity contribution in [3.8, 4) is 0 Å². The summed E-state index contributed by atoms with van der Waals surface area (Å²) < 4.78 is 0. The third kappa shape index (κ3) is 3.96. The zero-order valence-electron chi connectivity index (χ0n) is 12.6. The fourth-order valence-electron chi connectivity index (χ4n) is 3.02. The molecule has 20 heavy (non-hydrogen) atoms. The zero-order chi connectivity index (χ0) is 14.4. The maximum atomic E-state index is 12.4. The summed E-state index contributed by atoms with van der Waals surface area (Å²) in [5.74, 6) is 0.154. The van der Waals surface area contributed by atoms with Crippen molar-refractivity contribution in [3.05, 3.63) is 41.5 Å². The molecule has 0 aromatic heterocycles. The van der Waals surface area contributed by atoms with Crippen LogP contribution in [0.4, 0.5) is 0 Å². The number of nitrogens with zero attached hydrogens (tertiary/aromatic N) is 1.